The van der Waals surface area contributed by atoms with Gasteiger partial charge in [-0.05, 0) is 40.0 Å². The van der Waals surface area contributed by atoms with Crippen molar-refractivity contribution in [2.45, 2.75) is 11.2 Å². The summed E-state index contributed by atoms with van der Waals surface area (Å²) in [5.74, 6) is -0.948. The molecule has 0 spiro atoms. The van der Waals surface area contributed by atoms with Crippen molar-refractivity contribution in [3.63, 3.8) is 0 Å². The third-order valence-electron chi connectivity index (χ3n) is 1.77. The van der Waals surface area contributed by atoms with E-state index in [4.69, 9.17) is 17.3 Å². The Hall–Kier alpha value is -0.130. The summed E-state index contributed by atoms with van der Waals surface area (Å²) in [4.78, 5) is 10.3. The maximum Gasteiger partial charge on any atom is 0.231 e. The molecular formula is C9H7Br2ClFNO. The van der Waals surface area contributed by atoms with Gasteiger partial charge < -0.3 is 5.73 Å². The average molecular weight is 359 g/mol. The van der Waals surface area contributed by atoms with E-state index in [-0.39, 0.29) is 9.50 Å². The molecule has 0 saturated heterocycles. The molecule has 1 amide bonds. The maximum absolute atomic E-state index is 13.2. The van der Waals surface area contributed by atoms with Crippen LogP contribution < -0.4 is 5.73 Å². The molecule has 15 heavy (non-hydrogen) atoms. The van der Waals surface area contributed by atoms with Gasteiger partial charge in [-0.1, -0.05) is 27.5 Å². The van der Waals surface area contributed by atoms with Gasteiger partial charge in [-0.25, -0.2) is 4.39 Å². The summed E-state index contributed by atoms with van der Waals surface area (Å²) < 4.78 is 13.4. The van der Waals surface area contributed by atoms with Crippen LogP contribution in [0.1, 0.15) is 5.56 Å². The molecule has 1 atom stereocenters. The number of halogens is 4. The fourth-order valence-electron chi connectivity index (χ4n) is 1.03. The zero-order chi connectivity index (χ0) is 11.6. The van der Waals surface area contributed by atoms with Crippen molar-refractivity contribution >= 4 is 49.4 Å². The van der Waals surface area contributed by atoms with Gasteiger partial charge in [-0.3, -0.25) is 4.79 Å². The third kappa shape index (κ3) is 3.43. The Balaban J connectivity index is 2.92. The van der Waals surface area contributed by atoms with Crippen LogP contribution in [-0.2, 0) is 11.2 Å². The second-order valence-electron chi connectivity index (χ2n) is 2.95. The molecule has 1 aromatic rings. The van der Waals surface area contributed by atoms with Crippen LogP contribution in [0.3, 0.4) is 0 Å². The fourth-order valence-corrected chi connectivity index (χ4v) is 1.87. The van der Waals surface area contributed by atoms with Gasteiger partial charge in [0.15, 0.2) is 0 Å². The molecule has 2 N–H and O–H groups in total. The summed E-state index contributed by atoms with van der Waals surface area (Å²) in [6.07, 6.45) is 0.305. The number of alkyl halides is 1. The molecular weight excluding hydrogens is 352 g/mol. The van der Waals surface area contributed by atoms with Crippen molar-refractivity contribution in [2.24, 2.45) is 5.73 Å². The number of primary amides is 1. The minimum atomic E-state index is -0.519. The highest BCUT2D eigenvalue weighted by atomic mass is 79.9. The summed E-state index contributed by atoms with van der Waals surface area (Å²) in [5.41, 5.74) is 5.68. The molecule has 6 heteroatoms. The van der Waals surface area contributed by atoms with Gasteiger partial charge in [0, 0.05) is 0 Å². The lowest BCUT2D eigenvalue weighted by molar-refractivity contribution is -0.117. The fraction of sp³-hybridized carbons (Fsp3) is 0.222. The summed E-state index contributed by atoms with van der Waals surface area (Å²) in [7, 11) is 0. The number of amides is 1. The quantitative estimate of drug-likeness (QED) is 0.654. The van der Waals surface area contributed by atoms with Crippen LogP contribution in [0.2, 0.25) is 5.02 Å². The number of nitrogens with two attached hydrogens (primary N) is 1. The van der Waals surface area contributed by atoms with Crippen LogP contribution in [0.5, 0.6) is 0 Å². The Bertz CT molecular complexity index is 377. The number of rotatable bonds is 3. The molecule has 82 valence electrons. The van der Waals surface area contributed by atoms with Crippen molar-refractivity contribution < 1.29 is 9.18 Å². The van der Waals surface area contributed by atoms with Gasteiger partial charge in [0.1, 0.15) is 5.82 Å². The first-order chi connectivity index (χ1) is 6.91. The molecule has 1 rings (SSSR count). The molecule has 0 aliphatic rings. The van der Waals surface area contributed by atoms with E-state index in [2.05, 4.69) is 31.9 Å². The standard InChI is InChI=1S/C9H7Br2ClFNO/c10-5(9(14)15)1-4-2-6(12)8(11)7(13)3-4/h2-3,5H,1H2,(H2,14,15). The summed E-state index contributed by atoms with van der Waals surface area (Å²) in [5, 5.41) is 0.272. The lowest BCUT2D eigenvalue weighted by Gasteiger charge is -2.07. The molecule has 0 radical (unpaired) electrons. The topological polar surface area (TPSA) is 43.1 Å². The van der Waals surface area contributed by atoms with Crippen LogP contribution in [0, 0.1) is 5.82 Å². The minimum absolute atomic E-state index is 0.220. The maximum atomic E-state index is 13.2. The first-order valence-corrected chi connectivity index (χ1v) is 6.07. The third-order valence-corrected chi connectivity index (χ3v) is 3.87. The second-order valence-corrected chi connectivity index (χ2v) is 5.25. The van der Waals surface area contributed by atoms with Gasteiger partial charge >= 0.3 is 0 Å². The first kappa shape index (κ1) is 12.9. The Kier molecular flexibility index (Phi) is 4.55. The summed E-state index contributed by atoms with van der Waals surface area (Å²) in [6, 6.07) is 2.90. The summed E-state index contributed by atoms with van der Waals surface area (Å²) >= 11 is 11.9. The summed E-state index contributed by atoms with van der Waals surface area (Å²) in [6.45, 7) is 0. The lowest BCUT2D eigenvalue weighted by atomic mass is 10.1. The van der Waals surface area contributed by atoms with Crippen LogP contribution in [0.4, 0.5) is 4.39 Å². The highest BCUT2D eigenvalue weighted by molar-refractivity contribution is 9.10. The molecule has 1 unspecified atom stereocenters. The number of hydrogen-bond donors (Lipinski definition) is 1. The second kappa shape index (κ2) is 5.27. The van der Waals surface area contributed by atoms with Crippen LogP contribution in [0.25, 0.3) is 0 Å². The minimum Gasteiger partial charge on any atom is -0.369 e. The number of carbonyl (C=O) groups is 1. The molecule has 0 aliphatic carbocycles. The number of benzene rings is 1. The van der Waals surface area contributed by atoms with E-state index in [0.29, 0.717) is 12.0 Å². The Labute approximate surface area is 108 Å². The Morgan fingerprint density at radius 3 is 2.67 bits per heavy atom. The van der Waals surface area contributed by atoms with Crippen molar-refractivity contribution in [3.8, 4) is 0 Å². The van der Waals surface area contributed by atoms with E-state index in [1.165, 1.54) is 6.07 Å². The van der Waals surface area contributed by atoms with Gasteiger partial charge in [0.2, 0.25) is 5.91 Å². The highest BCUT2D eigenvalue weighted by Crippen LogP contribution is 2.27. The highest BCUT2D eigenvalue weighted by Gasteiger charge is 2.14. The van der Waals surface area contributed by atoms with Gasteiger partial charge in [0.25, 0.3) is 0 Å². The van der Waals surface area contributed by atoms with Gasteiger partial charge in [-0.2, -0.15) is 0 Å². The van der Waals surface area contributed by atoms with E-state index in [9.17, 15) is 9.18 Å². The largest absolute Gasteiger partial charge is 0.369 e. The van der Waals surface area contributed by atoms with Crippen molar-refractivity contribution in [1.29, 1.82) is 0 Å². The van der Waals surface area contributed by atoms with Crippen LogP contribution in [0.15, 0.2) is 16.6 Å². The molecule has 0 fully saturated rings. The average Bonchev–Trinajstić information content (AvgIpc) is 2.13. The van der Waals surface area contributed by atoms with E-state index in [1.807, 2.05) is 0 Å². The first-order valence-electron chi connectivity index (χ1n) is 3.98. The monoisotopic (exact) mass is 357 g/mol. The van der Waals surface area contributed by atoms with Crippen molar-refractivity contribution in [2.75, 3.05) is 0 Å². The van der Waals surface area contributed by atoms with Crippen LogP contribution in [-0.4, -0.2) is 10.7 Å². The van der Waals surface area contributed by atoms with E-state index < -0.39 is 16.6 Å². The zero-order valence-electron chi connectivity index (χ0n) is 7.44. The van der Waals surface area contributed by atoms with E-state index >= 15 is 0 Å². The molecule has 0 aliphatic heterocycles. The van der Waals surface area contributed by atoms with Crippen molar-refractivity contribution in [3.05, 3.63) is 33.0 Å². The van der Waals surface area contributed by atoms with E-state index in [0.717, 1.165) is 0 Å². The molecule has 0 bridgehead atoms. The number of hydrogen-bond acceptors (Lipinski definition) is 1. The Morgan fingerprint density at radius 1 is 1.60 bits per heavy atom. The number of carbonyl (C=O) groups excluding carboxylic acids is 1. The predicted octanol–water partition coefficient (Wildman–Crippen LogP) is 3.03. The molecule has 2 nitrogen and oxygen atoms in total. The molecule has 0 aromatic heterocycles. The molecule has 1 aromatic carbocycles. The molecule has 0 saturated carbocycles. The van der Waals surface area contributed by atoms with Crippen LogP contribution >= 0.6 is 43.5 Å². The van der Waals surface area contributed by atoms with Gasteiger partial charge in [0.05, 0.1) is 14.3 Å². The van der Waals surface area contributed by atoms with Crippen molar-refractivity contribution in [1.82, 2.24) is 0 Å². The zero-order valence-corrected chi connectivity index (χ0v) is 11.4. The van der Waals surface area contributed by atoms with Gasteiger partial charge in [-0.15, -0.1) is 0 Å². The van der Waals surface area contributed by atoms with E-state index in [1.54, 1.807) is 6.07 Å². The normalized spacial score (nSPS) is 12.5. The lowest BCUT2D eigenvalue weighted by Crippen LogP contribution is -2.25. The SMILES string of the molecule is NC(=O)C(Br)Cc1cc(F)c(Br)c(Cl)c1. The smallest absolute Gasteiger partial charge is 0.231 e. The predicted molar refractivity (Wildman–Crippen MR) is 64.7 cm³/mol. The Morgan fingerprint density at radius 2 is 2.20 bits per heavy atom. The molecule has 0 heterocycles.